The molecule has 0 saturated carbocycles. The van der Waals surface area contributed by atoms with Crippen LogP contribution in [0.4, 0.5) is 0 Å². The number of nitrogens with zero attached hydrogens (tertiary/aromatic N) is 3. The summed E-state index contributed by atoms with van der Waals surface area (Å²) in [4.78, 5) is 29.1. The van der Waals surface area contributed by atoms with Gasteiger partial charge in [-0.3, -0.25) is 19.4 Å². The van der Waals surface area contributed by atoms with Gasteiger partial charge in [-0.15, -0.1) is 0 Å². The zero-order valence-electron chi connectivity index (χ0n) is 19.1. The predicted octanol–water partition coefficient (Wildman–Crippen LogP) is 5.24. The van der Waals surface area contributed by atoms with Crippen molar-refractivity contribution < 1.29 is 9.59 Å². The Kier molecular flexibility index (Phi) is 7.65. The van der Waals surface area contributed by atoms with Gasteiger partial charge in [-0.1, -0.05) is 51.3 Å². The maximum atomic E-state index is 13.0. The van der Waals surface area contributed by atoms with Crippen LogP contribution in [0.2, 0.25) is 0 Å². The monoisotopic (exact) mass is 439 g/mol. The van der Waals surface area contributed by atoms with Gasteiger partial charge in [0, 0.05) is 42.3 Å². The SMILES string of the molecule is CCCCC(CC)Cn1cc(C=C2C(=O)N(CC)C(=S)N(CC)C2=O)c2ccccc21. The fourth-order valence-electron chi connectivity index (χ4n) is 4.28. The van der Waals surface area contributed by atoms with Gasteiger partial charge in [0.15, 0.2) is 5.11 Å². The second kappa shape index (κ2) is 10.2. The van der Waals surface area contributed by atoms with Crippen LogP contribution in [0.3, 0.4) is 0 Å². The van der Waals surface area contributed by atoms with Crippen molar-refractivity contribution >= 4 is 46.1 Å². The van der Waals surface area contributed by atoms with Crippen molar-refractivity contribution in [3.05, 3.63) is 41.6 Å². The summed E-state index contributed by atoms with van der Waals surface area (Å²) in [6.45, 7) is 10.0. The zero-order valence-corrected chi connectivity index (χ0v) is 19.9. The van der Waals surface area contributed by atoms with Crippen LogP contribution in [0, 0.1) is 5.92 Å². The molecule has 0 aliphatic carbocycles. The molecule has 1 aromatic heterocycles. The molecule has 2 heterocycles. The van der Waals surface area contributed by atoms with E-state index in [1.54, 1.807) is 6.08 Å². The fraction of sp³-hybridized carbons (Fsp3) is 0.480. The van der Waals surface area contributed by atoms with Crippen molar-refractivity contribution in [2.24, 2.45) is 5.92 Å². The van der Waals surface area contributed by atoms with E-state index in [9.17, 15) is 9.59 Å². The molecule has 166 valence electrons. The van der Waals surface area contributed by atoms with E-state index >= 15 is 0 Å². The van der Waals surface area contributed by atoms with Crippen LogP contribution >= 0.6 is 12.2 Å². The van der Waals surface area contributed by atoms with E-state index in [4.69, 9.17) is 12.2 Å². The summed E-state index contributed by atoms with van der Waals surface area (Å²) in [5, 5.41) is 1.35. The minimum absolute atomic E-state index is 0.179. The number of amides is 2. The van der Waals surface area contributed by atoms with Crippen LogP contribution in [-0.4, -0.2) is 44.4 Å². The largest absolute Gasteiger partial charge is 0.347 e. The van der Waals surface area contributed by atoms with Crippen LogP contribution in [0.1, 0.15) is 58.9 Å². The fourth-order valence-corrected chi connectivity index (χ4v) is 4.70. The molecule has 0 radical (unpaired) electrons. The standard InChI is InChI=1S/C25H33N3O2S/c1-5-9-12-18(6-2)16-26-17-19(20-13-10-11-14-22(20)26)15-21-23(29)27(7-3)25(31)28(8-4)24(21)30/h10-11,13-15,17-18H,5-9,12,16H2,1-4H3. The smallest absolute Gasteiger partial charge is 0.265 e. The van der Waals surface area contributed by atoms with Crippen molar-refractivity contribution in [1.29, 1.82) is 0 Å². The molecule has 1 aromatic carbocycles. The molecule has 3 rings (SSSR count). The first-order valence-corrected chi connectivity index (χ1v) is 11.8. The lowest BCUT2D eigenvalue weighted by Crippen LogP contribution is -2.55. The van der Waals surface area contributed by atoms with Gasteiger partial charge in [0.05, 0.1) is 0 Å². The van der Waals surface area contributed by atoms with E-state index in [-0.39, 0.29) is 17.4 Å². The summed E-state index contributed by atoms with van der Waals surface area (Å²) in [5.74, 6) is -0.0143. The Hall–Kier alpha value is -2.47. The second-order valence-corrected chi connectivity index (χ2v) is 8.48. The number of fused-ring (bicyclic) bond motifs is 1. The van der Waals surface area contributed by atoms with Crippen molar-refractivity contribution in [3.63, 3.8) is 0 Å². The highest BCUT2D eigenvalue weighted by atomic mass is 32.1. The van der Waals surface area contributed by atoms with Gasteiger partial charge in [0.25, 0.3) is 11.8 Å². The Morgan fingerprint density at radius 1 is 1.00 bits per heavy atom. The first-order chi connectivity index (χ1) is 15.0. The van der Waals surface area contributed by atoms with Crippen molar-refractivity contribution in [2.45, 2.75) is 59.9 Å². The van der Waals surface area contributed by atoms with Crippen LogP contribution in [-0.2, 0) is 16.1 Å². The van der Waals surface area contributed by atoms with Crippen molar-refractivity contribution in [3.8, 4) is 0 Å². The Morgan fingerprint density at radius 3 is 2.23 bits per heavy atom. The van der Waals surface area contributed by atoms with Gasteiger partial charge in [-0.05, 0) is 50.5 Å². The maximum Gasteiger partial charge on any atom is 0.265 e. The quantitative estimate of drug-likeness (QED) is 0.305. The Morgan fingerprint density at radius 2 is 1.65 bits per heavy atom. The third kappa shape index (κ3) is 4.59. The van der Waals surface area contributed by atoms with E-state index in [1.165, 1.54) is 29.1 Å². The van der Waals surface area contributed by atoms with Gasteiger partial charge in [-0.2, -0.15) is 0 Å². The lowest BCUT2D eigenvalue weighted by Gasteiger charge is -2.35. The third-order valence-electron chi connectivity index (χ3n) is 6.16. The lowest BCUT2D eigenvalue weighted by molar-refractivity contribution is -0.133. The van der Waals surface area contributed by atoms with Gasteiger partial charge in [0.2, 0.25) is 0 Å². The number of unbranched alkanes of at least 4 members (excludes halogenated alkanes) is 1. The molecule has 31 heavy (non-hydrogen) atoms. The van der Waals surface area contributed by atoms with Crippen LogP contribution in [0.5, 0.6) is 0 Å². The van der Waals surface area contributed by atoms with Gasteiger partial charge in [-0.25, -0.2) is 0 Å². The average Bonchev–Trinajstić information content (AvgIpc) is 3.12. The molecule has 1 aliphatic heterocycles. The number of para-hydroxylation sites is 1. The normalized spacial score (nSPS) is 15.9. The molecule has 6 heteroatoms. The summed E-state index contributed by atoms with van der Waals surface area (Å²) in [7, 11) is 0. The van der Waals surface area contributed by atoms with E-state index in [0.717, 1.165) is 29.4 Å². The number of rotatable bonds is 9. The molecule has 2 amide bonds. The molecule has 1 fully saturated rings. The van der Waals surface area contributed by atoms with E-state index < -0.39 is 0 Å². The first kappa shape index (κ1) is 23.2. The third-order valence-corrected chi connectivity index (χ3v) is 6.60. The lowest BCUT2D eigenvalue weighted by atomic mass is 9.99. The Bertz CT molecular complexity index is 979. The summed E-state index contributed by atoms with van der Waals surface area (Å²) < 4.78 is 2.28. The number of hydrogen-bond donors (Lipinski definition) is 0. The molecular formula is C25H33N3O2S. The number of benzene rings is 1. The number of aromatic nitrogens is 1. The number of thiocarbonyl (C=S) groups is 1. The molecule has 2 aromatic rings. The number of hydrogen-bond acceptors (Lipinski definition) is 3. The molecule has 5 nitrogen and oxygen atoms in total. The maximum absolute atomic E-state index is 13.0. The minimum atomic E-state index is -0.312. The van der Waals surface area contributed by atoms with Crippen LogP contribution in [0.15, 0.2) is 36.0 Å². The van der Waals surface area contributed by atoms with Crippen molar-refractivity contribution in [2.75, 3.05) is 13.1 Å². The topological polar surface area (TPSA) is 45.6 Å². The molecule has 0 bridgehead atoms. The number of carbonyl (C=O) groups is 2. The van der Waals surface area contributed by atoms with Crippen LogP contribution < -0.4 is 0 Å². The molecule has 0 spiro atoms. The molecule has 1 saturated heterocycles. The highest BCUT2D eigenvalue weighted by molar-refractivity contribution is 7.80. The minimum Gasteiger partial charge on any atom is -0.347 e. The summed E-state index contributed by atoms with van der Waals surface area (Å²) >= 11 is 5.37. The molecule has 0 N–H and O–H groups in total. The van der Waals surface area contributed by atoms with Gasteiger partial charge < -0.3 is 4.57 Å². The number of carbonyl (C=O) groups excluding carboxylic acids is 2. The first-order valence-electron chi connectivity index (χ1n) is 11.4. The van der Waals surface area contributed by atoms with Gasteiger partial charge in [0.1, 0.15) is 5.57 Å². The summed E-state index contributed by atoms with van der Waals surface area (Å²) in [5.41, 5.74) is 2.21. The Balaban J connectivity index is 2.04. The average molecular weight is 440 g/mol. The van der Waals surface area contributed by atoms with E-state index in [1.807, 2.05) is 26.0 Å². The molecule has 1 aliphatic rings. The van der Waals surface area contributed by atoms with Crippen molar-refractivity contribution in [1.82, 2.24) is 14.4 Å². The number of likely N-dealkylation sites (N-methyl/N-ethyl adjacent to an activating group) is 2. The van der Waals surface area contributed by atoms with E-state index in [0.29, 0.717) is 24.1 Å². The van der Waals surface area contributed by atoms with Crippen LogP contribution in [0.25, 0.3) is 17.0 Å². The predicted molar refractivity (Wildman–Crippen MR) is 131 cm³/mol. The highest BCUT2D eigenvalue weighted by Crippen LogP contribution is 2.28. The van der Waals surface area contributed by atoms with E-state index in [2.05, 4.69) is 36.7 Å². The summed E-state index contributed by atoms with van der Waals surface area (Å²) in [6, 6.07) is 8.21. The highest BCUT2D eigenvalue weighted by Gasteiger charge is 2.38. The second-order valence-electron chi connectivity index (χ2n) is 8.11. The molecule has 1 atom stereocenters. The van der Waals surface area contributed by atoms with Gasteiger partial charge >= 0.3 is 0 Å². The zero-order chi connectivity index (χ0) is 22.5. The molecule has 1 unspecified atom stereocenters. The molecular weight excluding hydrogens is 406 g/mol. The summed E-state index contributed by atoms with van der Waals surface area (Å²) in [6.07, 6.45) is 8.62. The Labute approximate surface area is 190 Å².